The third kappa shape index (κ3) is 5.22. The van der Waals surface area contributed by atoms with Crippen molar-refractivity contribution in [3.8, 4) is 11.5 Å². The topological polar surface area (TPSA) is 68.0 Å². The van der Waals surface area contributed by atoms with Crippen molar-refractivity contribution in [1.82, 2.24) is 4.90 Å². The van der Waals surface area contributed by atoms with Crippen molar-refractivity contribution in [3.05, 3.63) is 52.6 Å². The first-order valence-electron chi connectivity index (χ1n) is 10.5. The molecular weight excluding hydrogens is 364 g/mol. The van der Waals surface area contributed by atoms with Crippen molar-refractivity contribution < 1.29 is 14.6 Å². The van der Waals surface area contributed by atoms with E-state index in [0.717, 1.165) is 43.6 Å². The normalized spacial score (nSPS) is 19.9. The summed E-state index contributed by atoms with van der Waals surface area (Å²) >= 11 is 0. The number of rotatable bonds is 7. The number of hydrogen-bond donors (Lipinski definition) is 2. The van der Waals surface area contributed by atoms with Gasteiger partial charge in [0.2, 0.25) is 0 Å². The number of hydrogen-bond acceptors (Lipinski definition) is 5. The predicted octanol–water partition coefficient (Wildman–Crippen LogP) is 3.72. The number of piperidine rings is 1. The second-order valence-electron chi connectivity index (χ2n) is 8.15. The SMILES string of the molecule is CCN1CCC(O)C(Cc2cc(N)c(OCc3cc(C)ccc3C)c(OC)c2)C1. The van der Waals surface area contributed by atoms with Gasteiger partial charge in [0.05, 0.1) is 18.9 Å². The first kappa shape index (κ1) is 21.5. The fraction of sp³-hybridized carbons (Fsp3) is 0.500. The van der Waals surface area contributed by atoms with Crippen LogP contribution in [0.3, 0.4) is 0 Å². The Bertz CT molecular complexity index is 837. The summed E-state index contributed by atoms with van der Waals surface area (Å²) in [6, 6.07) is 10.3. The quantitative estimate of drug-likeness (QED) is 0.696. The third-order valence-corrected chi connectivity index (χ3v) is 5.96. The molecule has 2 aromatic rings. The molecule has 2 unspecified atom stereocenters. The largest absolute Gasteiger partial charge is 0.493 e. The van der Waals surface area contributed by atoms with Crippen molar-refractivity contribution in [2.24, 2.45) is 5.92 Å². The van der Waals surface area contributed by atoms with Gasteiger partial charge in [0, 0.05) is 19.0 Å². The molecule has 3 rings (SSSR count). The van der Waals surface area contributed by atoms with Crippen LogP contribution < -0.4 is 15.2 Å². The fourth-order valence-electron chi connectivity index (χ4n) is 4.10. The average Bonchev–Trinajstić information content (AvgIpc) is 2.70. The molecule has 1 fully saturated rings. The van der Waals surface area contributed by atoms with E-state index in [-0.39, 0.29) is 12.0 Å². The van der Waals surface area contributed by atoms with E-state index in [0.29, 0.717) is 23.8 Å². The summed E-state index contributed by atoms with van der Waals surface area (Å²) in [5.74, 6) is 1.43. The Labute approximate surface area is 174 Å². The lowest BCUT2D eigenvalue weighted by atomic mass is 9.88. The van der Waals surface area contributed by atoms with Gasteiger partial charge in [-0.25, -0.2) is 0 Å². The Morgan fingerprint density at radius 3 is 2.72 bits per heavy atom. The summed E-state index contributed by atoms with van der Waals surface area (Å²) in [6.45, 7) is 9.65. The minimum Gasteiger partial charge on any atom is -0.493 e. The van der Waals surface area contributed by atoms with Crippen LogP contribution in [0, 0.1) is 19.8 Å². The molecule has 0 saturated carbocycles. The van der Waals surface area contributed by atoms with Crippen LogP contribution in [-0.4, -0.2) is 42.9 Å². The molecular formula is C24H34N2O3. The number of methoxy groups -OCH3 is 1. The summed E-state index contributed by atoms with van der Waals surface area (Å²) in [6.07, 6.45) is 1.32. The van der Waals surface area contributed by atoms with Gasteiger partial charge in [-0.05, 0) is 62.1 Å². The molecule has 5 heteroatoms. The number of likely N-dealkylation sites (tertiary alicyclic amines) is 1. The van der Waals surface area contributed by atoms with Crippen molar-refractivity contribution in [3.63, 3.8) is 0 Å². The van der Waals surface area contributed by atoms with Crippen LogP contribution in [0.2, 0.25) is 0 Å². The second kappa shape index (κ2) is 9.51. The number of nitrogens with zero attached hydrogens (tertiary/aromatic N) is 1. The number of nitrogen functional groups attached to an aromatic ring is 1. The number of aryl methyl sites for hydroxylation is 2. The molecule has 3 N–H and O–H groups in total. The van der Waals surface area contributed by atoms with Crippen LogP contribution >= 0.6 is 0 Å². The monoisotopic (exact) mass is 398 g/mol. The van der Waals surface area contributed by atoms with E-state index in [4.69, 9.17) is 15.2 Å². The molecule has 1 aliphatic heterocycles. The van der Waals surface area contributed by atoms with E-state index >= 15 is 0 Å². The standard InChI is InChI=1S/C24H34N2O3/c1-5-26-9-8-22(27)19(14-26)11-18-12-21(25)24(23(13-18)28-4)29-15-20-10-16(2)6-7-17(20)3/h6-7,10,12-13,19,22,27H,5,8-9,11,14-15,25H2,1-4H3. The van der Waals surface area contributed by atoms with Crippen LogP contribution in [0.25, 0.3) is 0 Å². The lowest BCUT2D eigenvalue weighted by Gasteiger charge is -2.35. The van der Waals surface area contributed by atoms with Crippen molar-refractivity contribution in [2.45, 2.75) is 46.3 Å². The van der Waals surface area contributed by atoms with Crippen molar-refractivity contribution in [1.29, 1.82) is 0 Å². The molecule has 1 heterocycles. The number of anilines is 1. The van der Waals surface area contributed by atoms with Crippen molar-refractivity contribution >= 4 is 5.69 Å². The molecule has 0 radical (unpaired) electrons. The van der Waals surface area contributed by atoms with Gasteiger partial charge in [-0.2, -0.15) is 0 Å². The molecule has 158 valence electrons. The summed E-state index contributed by atoms with van der Waals surface area (Å²) in [4.78, 5) is 2.39. The molecule has 29 heavy (non-hydrogen) atoms. The molecule has 0 aliphatic carbocycles. The Hall–Kier alpha value is -2.24. The molecule has 0 aromatic heterocycles. The highest BCUT2D eigenvalue weighted by atomic mass is 16.5. The zero-order valence-electron chi connectivity index (χ0n) is 18.1. The highest BCUT2D eigenvalue weighted by Crippen LogP contribution is 2.37. The number of aliphatic hydroxyl groups excluding tert-OH is 1. The smallest absolute Gasteiger partial charge is 0.184 e. The fourth-order valence-corrected chi connectivity index (χ4v) is 4.10. The van der Waals surface area contributed by atoms with Crippen LogP contribution in [0.15, 0.2) is 30.3 Å². The van der Waals surface area contributed by atoms with Gasteiger partial charge in [0.1, 0.15) is 6.61 Å². The van der Waals surface area contributed by atoms with Crippen LogP contribution in [-0.2, 0) is 13.0 Å². The maximum Gasteiger partial charge on any atom is 0.184 e. The van der Waals surface area contributed by atoms with Gasteiger partial charge in [-0.15, -0.1) is 0 Å². The summed E-state index contributed by atoms with van der Waals surface area (Å²) < 4.78 is 11.7. The number of aliphatic hydroxyl groups is 1. The van der Waals surface area contributed by atoms with E-state index in [9.17, 15) is 5.11 Å². The van der Waals surface area contributed by atoms with Crippen molar-refractivity contribution in [2.75, 3.05) is 32.5 Å². The Balaban J connectivity index is 1.76. The Kier molecular flexibility index (Phi) is 7.04. The zero-order chi connectivity index (χ0) is 21.0. The molecule has 2 aromatic carbocycles. The van der Waals surface area contributed by atoms with E-state index in [1.165, 1.54) is 11.1 Å². The van der Waals surface area contributed by atoms with Crippen LogP contribution in [0.1, 0.15) is 35.6 Å². The minimum atomic E-state index is -0.273. The molecule has 0 bridgehead atoms. The van der Waals surface area contributed by atoms with Crippen LogP contribution in [0.5, 0.6) is 11.5 Å². The highest BCUT2D eigenvalue weighted by Gasteiger charge is 2.27. The summed E-state index contributed by atoms with van der Waals surface area (Å²) in [7, 11) is 1.64. The first-order valence-corrected chi connectivity index (χ1v) is 10.5. The Morgan fingerprint density at radius 1 is 1.21 bits per heavy atom. The van der Waals surface area contributed by atoms with Gasteiger partial charge < -0.3 is 25.2 Å². The maximum atomic E-state index is 10.4. The average molecular weight is 399 g/mol. The zero-order valence-corrected chi connectivity index (χ0v) is 18.1. The van der Waals surface area contributed by atoms with E-state index < -0.39 is 0 Å². The van der Waals surface area contributed by atoms with E-state index in [2.05, 4.69) is 43.9 Å². The van der Waals surface area contributed by atoms with Crippen LogP contribution in [0.4, 0.5) is 5.69 Å². The summed E-state index contributed by atoms with van der Waals surface area (Å²) in [5, 5.41) is 10.4. The van der Waals surface area contributed by atoms with Gasteiger partial charge >= 0.3 is 0 Å². The molecule has 1 saturated heterocycles. The van der Waals surface area contributed by atoms with Gasteiger partial charge in [-0.1, -0.05) is 30.7 Å². The number of ether oxygens (including phenoxy) is 2. The van der Waals surface area contributed by atoms with Gasteiger partial charge in [-0.3, -0.25) is 0 Å². The van der Waals surface area contributed by atoms with E-state index in [1.807, 2.05) is 12.1 Å². The number of benzene rings is 2. The lowest BCUT2D eigenvalue weighted by Crippen LogP contribution is -2.43. The third-order valence-electron chi connectivity index (χ3n) is 5.96. The van der Waals surface area contributed by atoms with Gasteiger partial charge in [0.15, 0.2) is 11.5 Å². The minimum absolute atomic E-state index is 0.203. The van der Waals surface area contributed by atoms with E-state index in [1.54, 1.807) is 7.11 Å². The van der Waals surface area contributed by atoms with Gasteiger partial charge in [0.25, 0.3) is 0 Å². The Morgan fingerprint density at radius 2 is 2.00 bits per heavy atom. The molecule has 1 aliphatic rings. The maximum absolute atomic E-state index is 10.4. The molecule has 2 atom stereocenters. The number of nitrogens with two attached hydrogens (primary N) is 1. The lowest BCUT2D eigenvalue weighted by molar-refractivity contribution is 0.0290. The first-order chi connectivity index (χ1) is 13.9. The molecule has 0 amide bonds. The molecule has 5 nitrogen and oxygen atoms in total. The second-order valence-corrected chi connectivity index (χ2v) is 8.15. The summed E-state index contributed by atoms with van der Waals surface area (Å²) in [5.41, 5.74) is 11.5. The highest BCUT2D eigenvalue weighted by molar-refractivity contribution is 5.62. The molecule has 0 spiro atoms. The predicted molar refractivity (Wildman–Crippen MR) is 118 cm³/mol.